The van der Waals surface area contributed by atoms with Gasteiger partial charge in [-0.3, -0.25) is 9.59 Å². The summed E-state index contributed by atoms with van der Waals surface area (Å²) in [4.78, 5) is 37.1. The van der Waals surface area contributed by atoms with E-state index in [4.69, 9.17) is 14.2 Å². The molecule has 8 heteroatoms. The van der Waals surface area contributed by atoms with Crippen molar-refractivity contribution in [1.82, 2.24) is 0 Å². The first kappa shape index (κ1) is 58.0. The molecule has 0 aromatic heterocycles. The summed E-state index contributed by atoms with van der Waals surface area (Å²) in [5, 5.41) is 9.64. The molecule has 0 amide bonds. The molecule has 0 aliphatic carbocycles. The fraction of sp³-hybridized carbons (Fsp3) is 0.755. The molecule has 0 saturated heterocycles. The summed E-state index contributed by atoms with van der Waals surface area (Å²) in [5.41, 5.74) is 0. The van der Waals surface area contributed by atoms with Gasteiger partial charge in [0.25, 0.3) is 0 Å². The fourth-order valence-corrected chi connectivity index (χ4v) is 7.08. The van der Waals surface area contributed by atoms with Crippen LogP contribution in [0.1, 0.15) is 206 Å². The van der Waals surface area contributed by atoms with Crippen LogP contribution in [0.4, 0.5) is 0 Å². The van der Waals surface area contributed by atoms with Gasteiger partial charge in [0.2, 0.25) is 0 Å². The maximum absolute atomic E-state index is 12.8. The van der Waals surface area contributed by atoms with Crippen molar-refractivity contribution in [3.05, 3.63) is 60.8 Å². The molecule has 0 bridgehead atoms. The number of carbonyl (C=O) groups excluding carboxylic acids is 2. The number of aliphatic carboxylic acids is 1. The molecule has 0 aromatic rings. The predicted molar refractivity (Wildman–Crippen MR) is 257 cm³/mol. The molecule has 0 aliphatic heterocycles. The standard InChI is InChI=1S/C53H93NO7/c1-6-8-10-12-14-16-18-20-22-23-24-25-26-27-28-29-30-32-34-36-38-40-42-44-52(56)61-49(47-59-46-45-50(53(57)58)54(3,4)5)48-60-51(55)43-41-39-37-35-33-31-21-19-17-15-13-11-9-7-2/h8,10,14,16,19-22,24-25,49-50H,6-7,9,11-13,15,17-18,23,26-48H2,1-5H3/p+1/b10-8-,16-14-,21-19-,22-20-,25-24-. The molecule has 352 valence electrons. The topological polar surface area (TPSA) is 99.1 Å². The third kappa shape index (κ3) is 42.1. The lowest BCUT2D eigenvalue weighted by Gasteiger charge is -2.31. The lowest BCUT2D eigenvalue weighted by Crippen LogP contribution is -2.50. The van der Waals surface area contributed by atoms with Gasteiger partial charge in [-0.25, -0.2) is 4.79 Å². The van der Waals surface area contributed by atoms with Crippen molar-refractivity contribution >= 4 is 17.9 Å². The van der Waals surface area contributed by atoms with E-state index in [0.717, 1.165) is 77.0 Å². The summed E-state index contributed by atoms with van der Waals surface area (Å²) in [6, 6.07) is -0.618. The minimum atomic E-state index is -0.877. The average molecular weight is 857 g/mol. The molecule has 2 unspecified atom stereocenters. The van der Waals surface area contributed by atoms with Crippen molar-refractivity contribution in [3.63, 3.8) is 0 Å². The first-order chi connectivity index (χ1) is 29.6. The summed E-state index contributed by atoms with van der Waals surface area (Å²) >= 11 is 0. The van der Waals surface area contributed by atoms with Gasteiger partial charge in [-0.1, -0.05) is 171 Å². The molecule has 0 spiro atoms. The highest BCUT2D eigenvalue weighted by atomic mass is 16.6. The highest BCUT2D eigenvalue weighted by molar-refractivity contribution is 5.72. The van der Waals surface area contributed by atoms with Crippen LogP contribution in [0.3, 0.4) is 0 Å². The zero-order valence-corrected chi connectivity index (χ0v) is 40.1. The number of allylic oxidation sites excluding steroid dienone is 10. The maximum Gasteiger partial charge on any atom is 0.362 e. The van der Waals surface area contributed by atoms with Crippen molar-refractivity contribution in [3.8, 4) is 0 Å². The smallest absolute Gasteiger partial charge is 0.362 e. The average Bonchev–Trinajstić information content (AvgIpc) is 3.22. The van der Waals surface area contributed by atoms with Gasteiger partial charge < -0.3 is 23.8 Å². The number of nitrogens with zero attached hydrogens (tertiary/aromatic N) is 1. The minimum absolute atomic E-state index is 0.0558. The van der Waals surface area contributed by atoms with Gasteiger partial charge >= 0.3 is 17.9 Å². The van der Waals surface area contributed by atoms with Gasteiger partial charge in [0.05, 0.1) is 34.4 Å². The Morgan fingerprint density at radius 2 is 0.918 bits per heavy atom. The molecule has 0 aromatic carbocycles. The largest absolute Gasteiger partial charge is 0.477 e. The van der Waals surface area contributed by atoms with Gasteiger partial charge in [-0.15, -0.1) is 0 Å². The van der Waals surface area contributed by atoms with E-state index in [-0.39, 0.29) is 36.2 Å². The molecule has 0 heterocycles. The van der Waals surface area contributed by atoms with Crippen molar-refractivity contribution < 1.29 is 38.2 Å². The molecule has 0 saturated carbocycles. The zero-order chi connectivity index (χ0) is 44.9. The van der Waals surface area contributed by atoms with Crippen molar-refractivity contribution in [2.75, 3.05) is 41.0 Å². The molecular weight excluding hydrogens is 763 g/mol. The molecule has 1 N–H and O–H groups in total. The number of carboxylic acids is 1. The number of likely N-dealkylation sites (N-methyl/N-ethyl adjacent to an activating group) is 1. The Balaban J connectivity index is 4.25. The van der Waals surface area contributed by atoms with Gasteiger partial charge in [-0.2, -0.15) is 0 Å². The van der Waals surface area contributed by atoms with E-state index in [1.807, 2.05) is 21.1 Å². The number of hydrogen-bond donors (Lipinski definition) is 1. The van der Waals surface area contributed by atoms with Gasteiger partial charge in [0.1, 0.15) is 6.61 Å². The van der Waals surface area contributed by atoms with Crippen LogP contribution < -0.4 is 0 Å². The minimum Gasteiger partial charge on any atom is -0.477 e. The van der Waals surface area contributed by atoms with Crippen LogP contribution in [0, 0.1) is 0 Å². The molecule has 61 heavy (non-hydrogen) atoms. The van der Waals surface area contributed by atoms with E-state index < -0.39 is 18.1 Å². The number of carbonyl (C=O) groups is 3. The Morgan fingerprint density at radius 3 is 1.38 bits per heavy atom. The van der Waals surface area contributed by atoms with Crippen LogP contribution in [0.15, 0.2) is 60.8 Å². The van der Waals surface area contributed by atoms with Crippen LogP contribution in [-0.4, -0.2) is 80.6 Å². The van der Waals surface area contributed by atoms with E-state index in [9.17, 15) is 19.5 Å². The number of esters is 2. The molecule has 8 nitrogen and oxygen atoms in total. The Kier molecular flexibility index (Phi) is 41.5. The molecule has 2 atom stereocenters. The molecule has 0 fully saturated rings. The van der Waals surface area contributed by atoms with Gasteiger partial charge in [0.15, 0.2) is 12.1 Å². The number of hydrogen-bond acceptors (Lipinski definition) is 6. The van der Waals surface area contributed by atoms with Crippen LogP contribution in [0.25, 0.3) is 0 Å². The third-order valence-corrected chi connectivity index (χ3v) is 10.9. The van der Waals surface area contributed by atoms with Crippen molar-refractivity contribution in [2.24, 2.45) is 0 Å². The lowest BCUT2D eigenvalue weighted by atomic mass is 10.0. The van der Waals surface area contributed by atoms with E-state index in [2.05, 4.69) is 74.6 Å². The van der Waals surface area contributed by atoms with E-state index >= 15 is 0 Å². The van der Waals surface area contributed by atoms with Crippen LogP contribution >= 0.6 is 0 Å². The number of unbranched alkanes of at least 4 members (excludes halogenated alkanes) is 20. The van der Waals surface area contributed by atoms with Gasteiger partial charge in [0, 0.05) is 19.3 Å². The number of carboxylic acid groups (broad SMARTS) is 1. The van der Waals surface area contributed by atoms with Crippen molar-refractivity contribution in [1.29, 1.82) is 0 Å². The summed E-state index contributed by atoms with van der Waals surface area (Å²) < 4.78 is 17.3. The predicted octanol–water partition coefficient (Wildman–Crippen LogP) is 14.1. The van der Waals surface area contributed by atoms with Crippen LogP contribution in [-0.2, 0) is 28.6 Å². The Morgan fingerprint density at radius 1 is 0.508 bits per heavy atom. The summed E-state index contributed by atoms with van der Waals surface area (Å²) in [6.07, 6.45) is 54.1. The SMILES string of the molecule is CC/C=C\C/C=C\C/C=C\C/C=C\CCCCCCCCCCCCC(=O)OC(COCCC(C(=O)O)[N+](C)(C)C)COC(=O)CCCCCCC/C=C\CCCCCCC. The highest BCUT2D eigenvalue weighted by Crippen LogP contribution is 2.15. The number of ether oxygens (including phenoxy) is 3. The Bertz CT molecular complexity index is 1180. The first-order valence-electron chi connectivity index (χ1n) is 24.8. The molecular formula is C53H94NO7+. The van der Waals surface area contributed by atoms with Crippen molar-refractivity contribution in [2.45, 2.75) is 219 Å². The second-order valence-corrected chi connectivity index (χ2v) is 17.7. The Labute approximate surface area is 375 Å². The summed E-state index contributed by atoms with van der Waals surface area (Å²) in [5.74, 6) is -1.48. The molecule has 0 rings (SSSR count). The second-order valence-electron chi connectivity index (χ2n) is 17.7. The maximum atomic E-state index is 12.8. The monoisotopic (exact) mass is 857 g/mol. The van der Waals surface area contributed by atoms with Gasteiger partial charge in [-0.05, 0) is 77.0 Å². The Hall–Kier alpha value is -2.97. The number of rotatable bonds is 44. The quantitative estimate of drug-likeness (QED) is 0.0282. The lowest BCUT2D eigenvalue weighted by molar-refractivity contribution is -0.887. The summed E-state index contributed by atoms with van der Waals surface area (Å²) in [6.45, 7) is 4.61. The first-order valence-corrected chi connectivity index (χ1v) is 24.8. The molecule has 0 aliphatic rings. The normalized spacial score (nSPS) is 13.4. The summed E-state index contributed by atoms with van der Waals surface area (Å²) in [7, 11) is 5.53. The second kappa shape index (κ2) is 43.7. The van der Waals surface area contributed by atoms with E-state index in [0.29, 0.717) is 19.3 Å². The third-order valence-electron chi connectivity index (χ3n) is 10.9. The zero-order valence-electron chi connectivity index (χ0n) is 40.1. The fourth-order valence-electron chi connectivity index (χ4n) is 7.08. The van der Waals surface area contributed by atoms with Crippen LogP contribution in [0.2, 0.25) is 0 Å². The molecule has 0 radical (unpaired) electrons. The van der Waals surface area contributed by atoms with Crippen LogP contribution in [0.5, 0.6) is 0 Å². The van der Waals surface area contributed by atoms with E-state index in [1.54, 1.807) is 0 Å². The highest BCUT2D eigenvalue weighted by Gasteiger charge is 2.31. The number of quaternary nitrogens is 1. The van der Waals surface area contributed by atoms with E-state index in [1.165, 1.54) is 96.3 Å².